The van der Waals surface area contributed by atoms with Gasteiger partial charge < -0.3 is 4.43 Å². The summed E-state index contributed by atoms with van der Waals surface area (Å²) in [6, 6.07) is 8.40. The van der Waals surface area contributed by atoms with Crippen molar-refractivity contribution >= 4 is 8.32 Å². The molecule has 102 valence electrons. The lowest BCUT2D eigenvalue weighted by atomic mass is 10.1. The van der Waals surface area contributed by atoms with E-state index in [0.717, 1.165) is 0 Å². The molecule has 0 amide bonds. The minimum atomic E-state index is -1.65. The zero-order valence-electron chi connectivity index (χ0n) is 12.2. The van der Waals surface area contributed by atoms with Crippen LogP contribution in [0.2, 0.25) is 18.1 Å². The number of hydrogen-bond acceptors (Lipinski definition) is 3. The lowest BCUT2D eigenvalue weighted by Crippen LogP contribution is -2.40. The molecule has 0 aliphatic heterocycles. The van der Waals surface area contributed by atoms with Gasteiger partial charge in [-0.2, -0.15) is 0 Å². The number of rotatable bonds is 5. The van der Waals surface area contributed by atoms with E-state index in [1.807, 2.05) is 0 Å². The van der Waals surface area contributed by atoms with E-state index >= 15 is 0 Å². The van der Waals surface area contributed by atoms with Gasteiger partial charge >= 0.3 is 0 Å². The maximum absolute atomic E-state index is 6.18. The second-order valence-electron chi connectivity index (χ2n) is 6.25. The molecular formula is C14H26N2OSi. The van der Waals surface area contributed by atoms with E-state index in [0.29, 0.717) is 13.2 Å². The normalized spacial score (nSPS) is 12.8. The van der Waals surface area contributed by atoms with Gasteiger partial charge in [-0.3, -0.25) is 11.3 Å². The summed E-state index contributed by atoms with van der Waals surface area (Å²) in [6.45, 7) is 12.7. The molecule has 0 fully saturated rings. The SMILES string of the molecule is CC(C)(C)[Si](C)(C)OCc1ccc(CNN)cc1. The maximum atomic E-state index is 6.18. The van der Waals surface area contributed by atoms with Crippen LogP contribution in [0.25, 0.3) is 0 Å². The molecule has 3 N–H and O–H groups in total. The van der Waals surface area contributed by atoms with Gasteiger partial charge in [0.1, 0.15) is 0 Å². The van der Waals surface area contributed by atoms with E-state index < -0.39 is 8.32 Å². The molecule has 0 atom stereocenters. The highest BCUT2D eigenvalue weighted by atomic mass is 28.4. The molecule has 18 heavy (non-hydrogen) atoms. The first-order valence-electron chi connectivity index (χ1n) is 6.41. The third-order valence-electron chi connectivity index (χ3n) is 3.74. The minimum absolute atomic E-state index is 0.260. The average molecular weight is 266 g/mol. The van der Waals surface area contributed by atoms with Crippen LogP contribution >= 0.6 is 0 Å². The van der Waals surface area contributed by atoms with Crippen molar-refractivity contribution in [3.05, 3.63) is 35.4 Å². The molecule has 1 rings (SSSR count). The van der Waals surface area contributed by atoms with E-state index in [-0.39, 0.29) is 5.04 Å². The van der Waals surface area contributed by atoms with Crippen LogP contribution in [-0.2, 0) is 17.6 Å². The zero-order valence-corrected chi connectivity index (χ0v) is 13.2. The highest BCUT2D eigenvalue weighted by molar-refractivity contribution is 6.74. The summed E-state index contributed by atoms with van der Waals surface area (Å²) in [5, 5.41) is 0.260. The van der Waals surface area contributed by atoms with Crippen molar-refractivity contribution in [2.75, 3.05) is 0 Å². The van der Waals surface area contributed by atoms with Crippen molar-refractivity contribution in [1.82, 2.24) is 5.43 Å². The Kier molecular flexibility index (Phi) is 5.10. The van der Waals surface area contributed by atoms with Crippen molar-refractivity contribution in [1.29, 1.82) is 0 Å². The molecular weight excluding hydrogens is 240 g/mol. The fourth-order valence-electron chi connectivity index (χ4n) is 1.35. The van der Waals surface area contributed by atoms with Crippen LogP contribution < -0.4 is 11.3 Å². The molecule has 0 spiro atoms. The molecule has 0 radical (unpaired) electrons. The van der Waals surface area contributed by atoms with Gasteiger partial charge in [0, 0.05) is 6.54 Å². The number of nitrogens with one attached hydrogen (secondary N) is 1. The van der Waals surface area contributed by atoms with Gasteiger partial charge in [-0.15, -0.1) is 0 Å². The van der Waals surface area contributed by atoms with Gasteiger partial charge in [-0.25, -0.2) is 0 Å². The van der Waals surface area contributed by atoms with Crippen molar-refractivity contribution in [2.24, 2.45) is 5.84 Å². The predicted molar refractivity (Wildman–Crippen MR) is 79.5 cm³/mol. The molecule has 4 heteroatoms. The predicted octanol–water partition coefficient (Wildman–Crippen LogP) is 3.17. The van der Waals surface area contributed by atoms with Gasteiger partial charge in [0.2, 0.25) is 0 Å². The standard InChI is InChI=1S/C14H26N2OSi/c1-14(2,3)18(4,5)17-11-13-8-6-12(7-9-13)10-16-15/h6-9,16H,10-11,15H2,1-5H3. The summed E-state index contributed by atoms with van der Waals surface area (Å²) >= 11 is 0. The Hall–Kier alpha value is -0.683. The Balaban J connectivity index is 2.59. The lowest BCUT2D eigenvalue weighted by molar-refractivity contribution is 0.276. The zero-order chi connectivity index (χ0) is 13.8. The highest BCUT2D eigenvalue weighted by Crippen LogP contribution is 2.37. The van der Waals surface area contributed by atoms with Crippen LogP contribution in [0.3, 0.4) is 0 Å². The molecule has 0 aliphatic rings. The lowest BCUT2D eigenvalue weighted by Gasteiger charge is -2.36. The van der Waals surface area contributed by atoms with Crippen molar-refractivity contribution < 1.29 is 4.43 Å². The molecule has 1 aromatic rings. The molecule has 0 aliphatic carbocycles. The van der Waals surface area contributed by atoms with Gasteiger partial charge in [0.25, 0.3) is 0 Å². The van der Waals surface area contributed by atoms with Crippen LogP contribution in [0, 0.1) is 0 Å². The number of nitrogens with two attached hydrogens (primary N) is 1. The summed E-state index contributed by atoms with van der Waals surface area (Å²) in [4.78, 5) is 0. The first-order chi connectivity index (χ1) is 8.26. The summed E-state index contributed by atoms with van der Waals surface area (Å²) < 4.78 is 6.18. The molecule has 0 unspecified atom stereocenters. The average Bonchev–Trinajstić information content (AvgIpc) is 2.27. The molecule has 0 bridgehead atoms. The van der Waals surface area contributed by atoms with Crippen LogP contribution in [-0.4, -0.2) is 8.32 Å². The van der Waals surface area contributed by atoms with Crippen LogP contribution in [0.15, 0.2) is 24.3 Å². The Bertz CT molecular complexity index is 368. The largest absolute Gasteiger partial charge is 0.413 e. The van der Waals surface area contributed by atoms with Crippen molar-refractivity contribution in [3.63, 3.8) is 0 Å². The highest BCUT2D eigenvalue weighted by Gasteiger charge is 2.36. The summed E-state index contributed by atoms with van der Waals surface area (Å²) in [7, 11) is -1.65. The molecule has 1 aromatic carbocycles. The Morgan fingerprint density at radius 2 is 1.61 bits per heavy atom. The van der Waals surface area contributed by atoms with Crippen LogP contribution in [0.4, 0.5) is 0 Å². The van der Waals surface area contributed by atoms with Crippen molar-refractivity contribution in [3.8, 4) is 0 Å². The Morgan fingerprint density at radius 3 is 2.06 bits per heavy atom. The summed E-state index contributed by atoms with van der Waals surface area (Å²) in [6.07, 6.45) is 0. The first-order valence-corrected chi connectivity index (χ1v) is 9.32. The minimum Gasteiger partial charge on any atom is -0.413 e. The summed E-state index contributed by atoms with van der Waals surface area (Å²) in [5.41, 5.74) is 5.07. The van der Waals surface area contributed by atoms with E-state index in [4.69, 9.17) is 10.3 Å². The van der Waals surface area contributed by atoms with E-state index in [1.54, 1.807) is 0 Å². The van der Waals surface area contributed by atoms with Gasteiger partial charge in [-0.05, 0) is 29.3 Å². The number of hydrogen-bond donors (Lipinski definition) is 2. The third-order valence-corrected chi connectivity index (χ3v) is 8.21. The molecule has 0 saturated carbocycles. The summed E-state index contributed by atoms with van der Waals surface area (Å²) in [5.74, 6) is 5.29. The van der Waals surface area contributed by atoms with Gasteiger partial charge in [0.15, 0.2) is 8.32 Å². The molecule has 0 heterocycles. The Labute approximate surface area is 112 Å². The number of benzene rings is 1. The van der Waals surface area contributed by atoms with Crippen LogP contribution in [0.1, 0.15) is 31.9 Å². The monoisotopic (exact) mass is 266 g/mol. The fraction of sp³-hybridized carbons (Fsp3) is 0.571. The van der Waals surface area contributed by atoms with Gasteiger partial charge in [-0.1, -0.05) is 45.0 Å². The molecule has 3 nitrogen and oxygen atoms in total. The Morgan fingerprint density at radius 1 is 1.11 bits per heavy atom. The second-order valence-corrected chi connectivity index (χ2v) is 11.1. The van der Waals surface area contributed by atoms with E-state index in [1.165, 1.54) is 11.1 Å². The van der Waals surface area contributed by atoms with Gasteiger partial charge in [0.05, 0.1) is 6.61 Å². The second kappa shape index (κ2) is 5.97. The van der Waals surface area contributed by atoms with Crippen LogP contribution in [0.5, 0.6) is 0 Å². The fourth-order valence-corrected chi connectivity index (χ4v) is 2.31. The quantitative estimate of drug-likeness (QED) is 0.489. The van der Waals surface area contributed by atoms with E-state index in [2.05, 4.69) is 63.6 Å². The molecule has 0 aromatic heterocycles. The molecule has 0 saturated heterocycles. The number of hydrazine groups is 1. The topological polar surface area (TPSA) is 47.3 Å². The van der Waals surface area contributed by atoms with Crippen molar-refractivity contribution in [2.45, 2.75) is 52.1 Å². The first kappa shape index (κ1) is 15.4. The third kappa shape index (κ3) is 4.21. The van der Waals surface area contributed by atoms with E-state index in [9.17, 15) is 0 Å². The maximum Gasteiger partial charge on any atom is 0.192 e. The smallest absolute Gasteiger partial charge is 0.192 e.